The molecule has 2 aromatic carbocycles. The van der Waals surface area contributed by atoms with Crippen LogP contribution in [0.25, 0.3) is 21.8 Å². The number of aromatic carboxylic acids is 1. The molecule has 25 heavy (non-hydrogen) atoms. The second kappa shape index (κ2) is 5.93. The highest BCUT2D eigenvalue weighted by atomic mass is 35.5. The Bertz CT molecular complexity index is 1130. The van der Waals surface area contributed by atoms with Gasteiger partial charge in [0.05, 0.1) is 16.4 Å². The number of anilines is 2. The second-order valence-corrected chi connectivity index (χ2v) is 5.81. The number of pyridine rings is 2. The number of benzene rings is 1. The van der Waals surface area contributed by atoms with Crippen molar-refractivity contribution in [2.75, 3.05) is 5.32 Å². The molecule has 2 N–H and O–H groups in total. The van der Waals surface area contributed by atoms with Crippen LogP contribution in [-0.4, -0.2) is 21.0 Å². The molecular weight excluding hydrogens is 338 g/mol. The van der Waals surface area contributed by atoms with Crippen LogP contribution in [0.15, 0.2) is 48.7 Å². The fourth-order valence-electron chi connectivity index (χ4n) is 2.60. The van der Waals surface area contributed by atoms with Gasteiger partial charge in [0.2, 0.25) is 0 Å². The predicted octanol–water partition coefficient (Wildman–Crippen LogP) is 4.48. The lowest BCUT2D eigenvalue weighted by molar-refractivity contribution is 0.0697. The van der Waals surface area contributed by atoms with Crippen molar-refractivity contribution in [3.05, 3.63) is 71.4 Å². The van der Waals surface area contributed by atoms with Gasteiger partial charge in [-0.15, -0.1) is 0 Å². The van der Waals surface area contributed by atoms with Gasteiger partial charge in [0.15, 0.2) is 0 Å². The van der Waals surface area contributed by atoms with Crippen LogP contribution >= 0.6 is 11.6 Å². The number of nitrogens with one attached hydrogen (secondary N) is 1. The summed E-state index contributed by atoms with van der Waals surface area (Å²) in [5.41, 5.74) is 1.93. The van der Waals surface area contributed by atoms with Crippen LogP contribution in [0.5, 0.6) is 0 Å². The molecule has 120 valence electrons. The summed E-state index contributed by atoms with van der Waals surface area (Å²) in [5.74, 6) is -0.515. The molecule has 0 radical (unpaired) electrons. The minimum atomic E-state index is -1.08. The Morgan fingerprint density at radius 2 is 2.04 bits per heavy atom. The lowest BCUT2D eigenvalue weighted by Crippen LogP contribution is -1.99. The highest BCUT2D eigenvalue weighted by molar-refractivity contribution is 6.30. The van der Waals surface area contributed by atoms with E-state index in [4.69, 9.17) is 16.7 Å². The standard InChI is InChI=1S/C19H10ClN3O2/c20-12-3-1-4-13(10-12)22-18-15-5-2-8-21-17(15)14-7-6-11(19(24)25)9-16(14)23-18/h1-5,8-10H,(H,22,23)(H,24,25). The van der Waals surface area contributed by atoms with Crippen molar-refractivity contribution in [1.29, 1.82) is 0 Å². The largest absolute Gasteiger partial charge is 0.477 e. The van der Waals surface area contributed by atoms with Gasteiger partial charge in [-0.25, -0.2) is 9.78 Å². The van der Waals surface area contributed by atoms with Crippen molar-refractivity contribution in [2.45, 2.75) is 0 Å². The van der Waals surface area contributed by atoms with E-state index < -0.39 is 5.97 Å². The molecule has 0 aliphatic carbocycles. The summed E-state index contributed by atoms with van der Waals surface area (Å²) in [6.07, 6.45) is 1.67. The third-order valence-electron chi connectivity index (χ3n) is 3.71. The normalized spacial score (nSPS) is 10.6. The van der Waals surface area contributed by atoms with Crippen molar-refractivity contribution in [1.82, 2.24) is 9.97 Å². The van der Waals surface area contributed by atoms with E-state index in [1.807, 2.05) is 24.3 Å². The molecule has 0 aliphatic heterocycles. The lowest BCUT2D eigenvalue weighted by atomic mass is 10.1. The highest BCUT2D eigenvalue weighted by Gasteiger charge is 2.12. The van der Waals surface area contributed by atoms with Crippen molar-refractivity contribution in [3.8, 4) is 0 Å². The highest BCUT2D eigenvalue weighted by Crippen LogP contribution is 2.29. The van der Waals surface area contributed by atoms with E-state index in [-0.39, 0.29) is 5.56 Å². The number of carboxylic acids is 1. The van der Waals surface area contributed by atoms with Crippen molar-refractivity contribution < 1.29 is 9.90 Å². The van der Waals surface area contributed by atoms with Crippen LogP contribution in [0.3, 0.4) is 0 Å². The molecule has 0 aliphatic rings. The summed E-state index contributed by atoms with van der Waals surface area (Å²) < 4.78 is 0. The van der Waals surface area contributed by atoms with Gasteiger partial charge in [-0.3, -0.25) is 4.98 Å². The average Bonchev–Trinajstić information content (AvgIpc) is 2.61. The van der Waals surface area contributed by atoms with Crippen LogP contribution in [0, 0.1) is 12.1 Å². The van der Waals surface area contributed by atoms with Crippen molar-refractivity contribution >= 4 is 50.9 Å². The Hall–Kier alpha value is -3.36. The fraction of sp³-hybridized carbons (Fsp3) is 0. The number of hydrogen-bond donors (Lipinski definition) is 2. The zero-order valence-corrected chi connectivity index (χ0v) is 13.5. The molecular formula is C19H10ClN3O2. The van der Waals surface area contributed by atoms with Crippen LogP contribution < -0.4 is 5.32 Å². The van der Waals surface area contributed by atoms with E-state index in [9.17, 15) is 4.79 Å². The quantitative estimate of drug-likeness (QED) is 0.571. The third kappa shape index (κ3) is 2.80. The number of carboxylic acid groups (broad SMARTS) is 1. The van der Waals surface area contributed by atoms with Gasteiger partial charge in [-0.2, -0.15) is 0 Å². The number of fused-ring (bicyclic) bond motifs is 3. The molecule has 0 amide bonds. The van der Waals surface area contributed by atoms with Gasteiger partial charge >= 0.3 is 5.97 Å². The van der Waals surface area contributed by atoms with Gasteiger partial charge in [0, 0.05) is 22.3 Å². The summed E-state index contributed by atoms with van der Waals surface area (Å²) in [7, 11) is 0. The van der Waals surface area contributed by atoms with E-state index in [0.29, 0.717) is 27.3 Å². The van der Waals surface area contributed by atoms with Gasteiger partial charge in [0.25, 0.3) is 0 Å². The van der Waals surface area contributed by atoms with Gasteiger partial charge in [-0.1, -0.05) is 29.8 Å². The summed E-state index contributed by atoms with van der Waals surface area (Å²) >= 11 is 6.03. The molecule has 2 heterocycles. The Morgan fingerprint density at radius 1 is 1.16 bits per heavy atom. The first-order chi connectivity index (χ1) is 12.1. The van der Waals surface area contributed by atoms with E-state index in [1.165, 1.54) is 6.07 Å². The summed E-state index contributed by atoms with van der Waals surface area (Å²) in [6.45, 7) is 0. The monoisotopic (exact) mass is 347 g/mol. The van der Waals surface area contributed by atoms with Crippen molar-refractivity contribution in [2.24, 2.45) is 0 Å². The average molecular weight is 348 g/mol. The molecule has 0 bridgehead atoms. The minimum Gasteiger partial charge on any atom is -0.477 e. The Kier molecular flexibility index (Phi) is 3.60. The van der Waals surface area contributed by atoms with Gasteiger partial charge < -0.3 is 10.4 Å². The van der Waals surface area contributed by atoms with Crippen molar-refractivity contribution in [3.63, 3.8) is 0 Å². The maximum Gasteiger partial charge on any atom is 0.344 e. The Balaban J connectivity index is 1.96. The predicted molar refractivity (Wildman–Crippen MR) is 96.4 cm³/mol. The smallest absolute Gasteiger partial charge is 0.344 e. The molecule has 4 rings (SSSR count). The zero-order chi connectivity index (χ0) is 17.4. The number of aromatic nitrogens is 2. The SMILES string of the molecule is O=C(O)c1c#cc2c(c1)nc(Nc1cccc(Cl)c1)c1cccnc12. The molecule has 6 heteroatoms. The second-order valence-electron chi connectivity index (χ2n) is 5.37. The first kappa shape index (κ1) is 15.2. The van der Waals surface area contributed by atoms with E-state index in [0.717, 1.165) is 11.1 Å². The third-order valence-corrected chi connectivity index (χ3v) is 3.94. The summed E-state index contributed by atoms with van der Waals surface area (Å²) in [4.78, 5) is 20.2. The molecule has 0 saturated heterocycles. The fourth-order valence-corrected chi connectivity index (χ4v) is 2.79. The molecule has 0 spiro atoms. The molecule has 0 atom stereocenters. The molecule has 2 aromatic heterocycles. The number of carbonyl (C=O) groups is 1. The number of rotatable bonds is 3. The first-order valence-electron chi connectivity index (χ1n) is 7.40. The van der Waals surface area contributed by atoms with Gasteiger partial charge in [-0.05, 0) is 36.4 Å². The lowest BCUT2D eigenvalue weighted by Gasteiger charge is -2.10. The molecule has 0 fully saturated rings. The molecule has 5 nitrogen and oxygen atoms in total. The summed E-state index contributed by atoms with van der Waals surface area (Å²) in [5, 5.41) is 14.4. The first-order valence-corrected chi connectivity index (χ1v) is 7.78. The zero-order valence-electron chi connectivity index (χ0n) is 12.7. The Labute approximate surface area is 147 Å². The molecule has 0 saturated carbocycles. The molecule has 4 aromatic rings. The Morgan fingerprint density at radius 3 is 2.84 bits per heavy atom. The van der Waals surface area contributed by atoms with Crippen LogP contribution in [-0.2, 0) is 0 Å². The number of hydrogen-bond acceptors (Lipinski definition) is 4. The van der Waals surface area contributed by atoms with Gasteiger partial charge in [0.1, 0.15) is 11.4 Å². The van der Waals surface area contributed by atoms with Crippen LogP contribution in [0.4, 0.5) is 11.5 Å². The van der Waals surface area contributed by atoms with Crippen LogP contribution in [0.2, 0.25) is 5.02 Å². The molecule has 0 unspecified atom stereocenters. The maximum atomic E-state index is 11.2. The van der Waals surface area contributed by atoms with Crippen LogP contribution in [0.1, 0.15) is 10.4 Å². The topological polar surface area (TPSA) is 75.1 Å². The number of halogens is 1. The summed E-state index contributed by atoms with van der Waals surface area (Å²) in [6, 6.07) is 17.9. The van der Waals surface area contributed by atoms with E-state index >= 15 is 0 Å². The van der Waals surface area contributed by atoms with E-state index in [1.54, 1.807) is 18.3 Å². The number of nitrogens with zero attached hydrogens (tertiary/aromatic N) is 2. The maximum absolute atomic E-state index is 11.2. The minimum absolute atomic E-state index is 0.00369. The van der Waals surface area contributed by atoms with E-state index in [2.05, 4.69) is 27.4 Å².